The molecule has 0 saturated heterocycles. The van der Waals surface area contributed by atoms with Gasteiger partial charge in [-0.3, -0.25) is 0 Å². The van der Waals surface area contributed by atoms with Gasteiger partial charge in [0.1, 0.15) is 12.1 Å². The number of rotatable bonds is 11. The summed E-state index contributed by atoms with van der Waals surface area (Å²) in [7, 11) is 0. The van der Waals surface area contributed by atoms with Crippen molar-refractivity contribution < 1.29 is 15.9 Å². The van der Waals surface area contributed by atoms with E-state index in [4.69, 9.17) is 5.11 Å². The summed E-state index contributed by atoms with van der Waals surface area (Å²) in [4.78, 5) is 0. The standard InChI is InChI=1S/C14H29NO2/c1-2-3-4-5-6-7-8-9-10-11-14(17)13(15)12-16/h10-11,13-14,16-17H,2-9,12,15H2,1H3/p+1/b11-10+/t13-,14+/m0/s1. The predicted octanol–water partition coefficient (Wildman–Crippen LogP) is 1.65. The van der Waals surface area contributed by atoms with Crippen molar-refractivity contribution in [2.45, 2.75) is 70.4 Å². The maximum absolute atomic E-state index is 9.51. The van der Waals surface area contributed by atoms with Gasteiger partial charge in [0.05, 0.1) is 6.61 Å². The monoisotopic (exact) mass is 244 g/mol. The number of allylic oxidation sites excluding steroid dienone is 1. The van der Waals surface area contributed by atoms with Crippen LogP contribution >= 0.6 is 0 Å². The zero-order chi connectivity index (χ0) is 12.9. The first-order valence-corrected chi connectivity index (χ1v) is 7.01. The van der Waals surface area contributed by atoms with Crippen molar-refractivity contribution in [2.24, 2.45) is 0 Å². The maximum Gasteiger partial charge on any atom is 0.138 e. The first kappa shape index (κ1) is 16.6. The summed E-state index contributed by atoms with van der Waals surface area (Å²) in [6.07, 6.45) is 13.3. The van der Waals surface area contributed by atoms with Crippen LogP contribution in [-0.4, -0.2) is 29.0 Å². The van der Waals surface area contributed by atoms with Gasteiger partial charge in [0.15, 0.2) is 0 Å². The average molecular weight is 244 g/mol. The lowest BCUT2D eigenvalue weighted by Gasteiger charge is -2.08. The molecule has 0 aliphatic rings. The number of unbranched alkanes of at least 4 members (excludes halogenated alkanes) is 7. The van der Waals surface area contributed by atoms with Crippen molar-refractivity contribution in [3.63, 3.8) is 0 Å². The van der Waals surface area contributed by atoms with Gasteiger partial charge in [0, 0.05) is 0 Å². The van der Waals surface area contributed by atoms with E-state index in [9.17, 15) is 5.11 Å². The number of aliphatic hydroxyl groups is 2. The van der Waals surface area contributed by atoms with Crippen molar-refractivity contribution in [1.82, 2.24) is 0 Å². The molecule has 0 aromatic rings. The third-order valence-corrected chi connectivity index (χ3v) is 3.03. The van der Waals surface area contributed by atoms with Crippen LogP contribution in [0.2, 0.25) is 0 Å². The Labute approximate surface area is 106 Å². The van der Waals surface area contributed by atoms with Gasteiger partial charge in [-0.1, -0.05) is 57.6 Å². The molecule has 0 saturated carbocycles. The third kappa shape index (κ3) is 10.5. The molecule has 0 amide bonds. The van der Waals surface area contributed by atoms with E-state index in [0.29, 0.717) is 0 Å². The van der Waals surface area contributed by atoms with E-state index >= 15 is 0 Å². The SMILES string of the molecule is CCCCCCCCC/C=C/[C@@H](O)[C@@H]([NH3+])CO. The second kappa shape index (κ2) is 12.1. The molecule has 0 radical (unpaired) electrons. The molecule has 0 aromatic heterocycles. The van der Waals surface area contributed by atoms with Gasteiger partial charge in [-0.2, -0.15) is 0 Å². The molecule has 2 atom stereocenters. The van der Waals surface area contributed by atoms with Crippen molar-refractivity contribution >= 4 is 0 Å². The van der Waals surface area contributed by atoms with Gasteiger partial charge in [0.25, 0.3) is 0 Å². The number of quaternary nitrogens is 1. The smallest absolute Gasteiger partial charge is 0.138 e. The van der Waals surface area contributed by atoms with Crippen LogP contribution in [-0.2, 0) is 0 Å². The number of hydrogen-bond donors (Lipinski definition) is 3. The van der Waals surface area contributed by atoms with Crippen LogP contribution in [0.1, 0.15) is 58.3 Å². The molecule has 3 heteroatoms. The van der Waals surface area contributed by atoms with Crippen LogP contribution in [0.15, 0.2) is 12.2 Å². The molecule has 0 aromatic carbocycles. The van der Waals surface area contributed by atoms with E-state index in [1.807, 2.05) is 6.08 Å². The number of hydrogen-bond acceptors (Lipinski definition) is 2. The molecule has 0 heterocycles. The Morgan fingerprint density at radius 1 is 1.06 bits per heavy atom. The van der Waals surface area contributed by atoms with Crippen molar-refractivity contribution in [3.8, 4) is 0 Å². The lowest BCUT2D eigenvalue weighted by atomic mass is 10.1. The van der Waals surface area contributed by atoms with E-state index in [0.717, 1.165) is 6.42 Å². The topological polar surface area (TPSA) is 68.1 Å². The summed E-state index contributed by atoms with van der Waals surface area (Å²) in [6, 6.07) is -0.305. The first-order chi connectivity index (χ1) is 8.22. The quantitative estimate of drug-likeness (QED) is 0.382. The van der Waals surface area contributed by atoms with E-state index in [2.05, 4.69) is 12.7 Å². The van der Waals surface area contributed by atoms with Crippen LogP contribution in [0.5, 0.6) is 0 Å². The molecule has 0 aliphatic carbocycles. The van der Waals surface area contributed by atoms with E-state index < -0.39 is 6.10 Å². The lowest BCUT2D eigenvalue weighted by molar-refractivity contribution is -0.438. The Balaban J connectivity index is 3.30. The van der Waals surface area contributed by atoms with E-state index in [1.54, 1.807) is 6.08 Å². The second-order valence-corrected chi connectivity index (χ2v) is 4.77. The molecule has 3 nitrogen and oxygen atoms in total. The average Bonchev–Trinajstić information content (AvgIpc) is 2.35. The molecule has 0 rings (SSSR count). The van der Waals surface area contributed by atoms with Crippen molar-refractivity contribution in [3.05, 3.63) is 12.2 Å². The lowest BCUT2D eigenvalue weighted by Crippen LogP contribution is -2.67. The Morgan fingerprint density at radius 3 is 2.24 bits per heavy atom. The molecule has 17 heavy (non-hydrogen) atoms. The molecule has 0 bridgehead atoms. The van der Waals surface area contributed by atoms with Crippen molar-refractivity contribution in [2.75, 3.05) is 6.61 Å². The summed E-state index contributed by atoms with van der Waals surface area (Å²) < 4.78 is 0. The van der Waals surface area contributed by atoms with Gasteiger partial charge in [0.2, 0.25) is 0 Å². The summed E-state index contributed by atoms with van der Waals surface area (Å²) >= 11 is 0. The molecular formula is C14H30NO2+. The minimum atomic E-state index is -0.607. The highest BCUT2D eigenvalue weighted by Crippen LogP contribution is 2.08. The molecular weight excluding hydrogens is 214 g/mol. The summed E-state index contributed by atoms with van der Waals surface area (Å²) in [5, 5.41) is 18.3. The summed E-state index contributed by atoms with van der Waals surface area (Å²) in [6.45, 7) is 2.17. The van der Waals surface area contributed by atoms with E-state index in [1.165, 1.54) is 44.9 Å². The molecule has 0 fully saturated rings. The van der Waals surface area contributed by atoms with Crippen LogP contribution in [0.25, 0.3) is 0 Å². The second-order valence-electron chi connectivity index (χ2n) is 4.77. The Bertz CT molecular complexity index is 183. The highest BCUT2D eigenvalue weighted by atomic mass is 16.3. The minimum absolute atomic E-state index is 0.0665. The largest absolute Gasteiger partial charge is 0.390 e. The normalized spacial score (nSPS) is 15.3. The number of aliphatic hydroxyl groups excluding tert-OH is 2. The highest BCUT2D eigenvalue weighted by molar-refractivity contribution is 4.91. The fraction of sp³-hybridized carbons (Fsp3) is 0.857. The van der Waals surface area contributed by atoms with Crippen LogP contribution in [0.3, 0.4) is 0 Å². The maximum atomic E-state index is 9.51. The van der Waals surface area contributed by atoms with E-state index in [-0.39, 0.29) is 12.6 Å². The van der Waals surface area contributed by atoms with Crippen molar-refractivity contribution in [1.29, 1.82) is 0 Å². The predicted molar refractivity (Wildman–Crippen MR) is 71.5 cm³/mol. The molecule has 5 N–H and O–H groups in total. The van der Waals surface area contributed by atoms with Gasteiger partial charge >= 0.3 is 0 Å². The van der Waals surface area contributed by atoms with Gasteiger partial charge in [-0.25, -0.2) is 0 Å². The summed E-state index contributed by atoms with van der Waals surface area (Å²) in [5.74, 6) is 0. The zero-order valence-electron chi connectivity index (χ0n) is 11.3. The Kier molecular flexibility index (Phi) is 11.8. The van der Waals surface area contributed by atoms with Gasteiger partial charge in [-0.15, -0.1) is 0 Å². The van der Waals surface area contributed by atoms with Gasteiger partial charge < -0.3 is 15.9 Å². The summed E-state index contributed by atoms with van der Waals surface area (Å²) in [5.41, 5.74) is 3.66. The highest BCUT2D eigenvalue weighted by Gasteiger charge is 2.12. The molecule has 0 aliphatic heterocycles. The fourth-order valence-electron chi connectivity index (χ4n) is 1.72. The molecule has 0 unspecified atom stereocenters. The fourth-order valence-corrected chi connectivity index (χ4v) is 1.72. The third-order valence-electron chi connectivity index (χ3n) is 3.03. The Morgan fingerprint density at radius 2 is 1.65 bits per heavy atom. The van der Waals surface area contributed by atoms with Crippen LogP contribution in [0, 0.1) is 0 Å². The molecule has 0 spiro atoms. The first-order valence-electron chi connectivity index (χ1n) is 7.01. The van der Waals surface area contributed by atoms with Gasteiger partial charge in [-0.05, 0) is 12.8 Å². The minimum Gasteiger partial charge on any atom is -0.390 e. The Hall–Kier alpha value is -0.380. The van der Waals surface area contributed by atoms with Crippen LogP contribution in [0.4, 0.5) is 0 Å². The zero-order valence-corrected chi connectivity index (χ0v) is 11.3. The molecule has 102 valence electrons. The van der Waals surface area contributed by atoms with Crippen LogP contribution < -0.4 is 5.73 Å².